The zero-order chi connectivity index (χ0) is 13.7. The number of rotatable bonds is 5. The molecule has 102 valence electrons. The van der Waals surface area contributed by atoms with Crippen LogP contribution in [-0.2, 0) is 4.79 Å². The Labute approximate surface area is 110 Å². The minimum Gasteiger partial charge on any atom is -0.381 e. The molecular formula is C12H16N4O3. The first-order valence-corrected chi connectivity index (χ1v) is 6.29. The molecule has 0 bridgehead atoms. The lowest BCUT2D eigenvalue weighted by Crippen LogP contribution is -2.29. The Balaban J connectivity index is 1.75. The van der Waals surface area contributed by atoms with Gasteiger partial charge < -0.3 is 20.3 Å². The monoisotopic (exact) mass is 264 g/mol. The predicted molar refractivity (Wildman–Crippen MR) is 69.8 cm³/mol. The molecule has 1 aromatic rings. The first kappa shape index (κ1) is 13.3. The third-order valence-corrected chi connectivity index (χ3v) is 3.06. The molecule has 1 N–H and O–H groups in total. The summed E-state index contributed by atoms with van der Waals surface area (Å²) in [6, 6.07) is 2.93. The van der Waals surface area contributed by atoms with E-state index in [2.05, 4.69) is 10.3 Å². The maximum absolute atomic E-state index is 11.8. The number of nitrogens with zero attached hydrogens (tertiary/aromatic N) is 3. The smallest absolute Gasteiger partial charge is 0.363 e. The third kappa shape index (κ3) is 3.64. The van der Waals surface area contributed by atoms with Gasteiger partial charge in [-0.15, -0.1) is 0 Å². The van der Waals surface area contributed by atoms with E-state index in [0.29, 0.717) is 18.7 Å². The highest BCUT2D eigenvalue weighted by Crippen LogP contribution is 2.12. The van der Waals surface area contributed by atoms with Gasteiger partial charge >= 0.3 is 5.82 Å². The molecule has 1 aliphatic rings. The molecule has 7 heteroatoms. The predicted octanol–water partition coefficient (Wildman–Crippen LogP) is 1.41. The summed E-state index contributed by atoms with van der Waals surface area (Å²) < 4.78 is 0. The Bertz CT molecular complexity index is 455. The van der Waals surface area contributed by atoms with Crippen LogP contribution in [0.1, 0.15) is 19.3 Å². The maximum Gasteiger partial charge on any atom is 0.363 e. The van der Waals surface area contributed by atoms with Gasteiger partial charge in [0, 0.05) is 32.1 Å². The summed E-state index contributed by atoms with van der Waals surface area (Å²) in [6.07, 6.45) is 4.01. The van der Waals surface area contributed by atoms with Crippen molar-refractivity contribution in [2.75, 3.05) is 25.0 Å². The molecule has 1 aliphatic heterocycles. The third-order valence-electron chi connectivity index (χ3n) is 3.06. The Morgan fingerprint density at radius 3 is 2.74 bits per heavy atom. The topological polar surface area (TPSA) is 88.4 Å². The van der Waals surface area contributed by atoms with Crippen molar-refractivity contribution in [2.24, 2.45) is 0 Å². The van der Waals surface area contributed by atoms with Crippen LogP contribution in [-0.4, -0.2) is 40.3 Å². The average Bonchev–Trinajstić information content (AvgIpc) is 2.93. The highest BCUT2D eigenvalue weighted by atomic mass is 16.6. The van der Waals surface area contributed by atoms with Gasteiger partial charge in [-0.2, -0.15) is 0 Å². The molecule has 0 saturated carbocycles. The molecule has 0 unspecified atom stereocenters. The maximum atomic E-state index is 11.8. The van der Waals surface area contributed by atoms with Crippen molar-refractivity contribution >= 4 is 17.4 Å². The number of amides is 1. The molecule has 1 amide bonds. The number of hydrogen-bond acceptors (Lipinski definition) is 5. The van der Waals surface area contributed by atoms with Gasteiger partial charge in [-0.25, -0.2) is 0 Å². The van der Waals surface area contributed by atoms with Gasteiger partial charge in [-0.3, -0.25) is 4.79 Å². The van der Waals surface area contributed by atoms with Crippen LogP contribution >= 0.6 is 0 Å². The van der Waals surface area contributed by atoms with E-state index in [0.717, 1.165) is 25.9 Å². The van der Waals surface area contributed by atoms with Crippen LogP contribution in [0, 0.1) is 10.1 Å². The van der Waals surface area contributed by atoms with Crippen LogP contribution in [0.25, 0.3) is 0 Å². The Morgan fingerprint density at radius 1 is 1.42 bits per heavy atom. The lowest BCUT2D eigenvalue weighted by atomic mass is 10.3. The van der Waals surface area contributed by atoms with Crippen LogP contribution in [0.15, 0.2) is 18.3 Å². The molecule has 0 atom stereocenters. The first-order valence-electron chi connectivity index (χ1n) is 6.29. The minimum absolute atomic E-state index is 0.153. The number of aromatic nitrogens is 1. The summed E-state index contributed by atoms with van der Waals surface area (Å²) in [5.41, 5.74) is 0.680. The van der Waals surface area contributed by atoms with Crippen molar-refractivity contribution < 1.29 is 9.72 Å². The van der Waals surface area contributed by atoms with Gasteiger partial charge in [-0.1, -0.05) is 0 Å². The zero-order valence-electron chi connectivity index (χ0n) is 10.5. The lowest BCUT2D eigenvalue weighted by molar-refractivity contribution is -0.389. The van der Waals surface area contributed by atoms with Crippen LogP contribution in [0.2, 0.25) is 0 Å². The van der Waals surface area contributed by atoms with Gasteiger partial charge in [-0.05, 0) is 28.8 Å². The summed E-state index contributed by atoms with van der Waals surface area (Å²) in [4.78, 5) is 27.2. The summed E-state index contributed by atoms with van der Waals surface area (Å²) in [5.74, 6) is -0.0291. The van der Waals surface area contributed by atoms with E-state index in [4.69, 9.17) is 0 Å². The highest BCUT2D eigenvalue weighted by Gasteiger charge is 2.17. The summed E-state index contributed by atoms with van der Waals surface area (Å²) in [7, 11) is 0. The fourth-order valence-electron chi connectivity index (χ4n) is 2.04. The molecule has 1 saturated heterocycles. The first-order chi connectivity index (χ1) is 9.16. The second kappa shape index (κ2) is 6.12. The summed E-state index contributed by atoms with van der Waals surface area (Å²) in [5, 5.41) is 13.5. The number of nitrogens with one attached hydrogen (secondary N) is 1. The number of anilines is 1. The van der Waals surface area contributed by atoms with E-state index in [1.54, 1.807) is 6.07 Å². The highest BCUT2D eigenvalue weighted by molar-refractivity contribution is 5.76. The molecule has 0 radical (unpaired) electrons. The van der Waals surface area contributed by atoms with Crippen molar-refractivity contribution in [3.63, 3.8) is 0 Å². The number of carbonyl (C=O) groups excluding carboxylic acids is 1. The Morgan fingerprint density at radius 2 is 2.16 bits per heavy atom. The van der Waals surface area contributed by atoms with E-state index in [9.17, 15) is 14.9 Å². The molecule has 7 nitrogen and oxygen atoms in total. The molecule has 1 aromatic heterocycles. The molecule has 2 heterocycles. The van der Waals surface area contributed by atoms with Gasteiger partial charge in [0.05, 0.1) is 5.69 Å². The molecule has 0 aromatic carbocycles. The zero-order valence-corrected chi connectivity index (χ0v) is 10.5. The molecule has 1 fully saturated rings. The largest absolute Gasteiger partial charge is 0.381 e. The van der Waals surface area contributed by atoms with Crippen molar-refractivity contribution in [1.82, 2.24) is 9.88 Å². The molecule has 19 heavy (non-hydrogen) atoms. The van der Waals surface area contributed by atoms with Gasteiger partial charge in [0.15, 0.2) is 6.20 Å². The number of hydrogen-bond donors (Lipinski definition) is 1. The standard InChI is InChI=1S/C12H16N4O3/c17-12(15-7-1-2-8-15)5-6-13-10-3-4-11(14-9-10)16(18)19/h3-4,9,13H,1-2,5-8H2. The number of likely N-dealkylation sites (tertiary alicyclic amines) is 1. The quantitative estimate of drug-likeness (QED) is 0.641. The van der Waals surface area contributed by atoms with Gasteiger partial charge in [0.25, 0.3) is 0 Å². The second-order valence-electron chi connectivity index (χ2n) is 4.43. The van der Waals surface area contributed by atoms with E-state index >= 15 is 0 Å². The van der Waals surface area contributed by atoms with E-state index in [-0.39, 0.29) is 11.7 Å². The van der Waals surface area contributed by atoms with Crippen molar-refractivity contribution in [1.29, 1.82) is 0 Å². The number of pyridine rings is 1. The van der Waals surface area contributed by atoms with E-state index in [1.807, 2.05) is 4.90 Å². The fourth-order valence-corrected chi connectivity index (χ4v) is 2.04. The SMILES string of the molecule is O=C(CCNc1ccc([N+](=O)[O-])nc1)N1CCCC1. The summed E-state index contributed by atoms with van der Waals surface area (Å²) in [6.45, 7) is 2.23. The van der Waals surface area contributed by atoms with Crippen molar-refractivity contribution in [3.8, 4) is 0 Å². The lowest BCUT2D eigenvalue weighted by Gasteiger charge is -2.15. The Hall–Kier alpha value is -2.18. The van der Waals surface area contributed by atoms with Gasteiger partial charge in [0.1, 0.15) is 0 Å². The van der Waals surface area contributed by atoms with Crippen molar-refractivity contribution in [3.05, 3.63) is 28.4 Å². The van der Waals surface area contributed by atoms with Crippen LogP contribution in [0.5, 0.6) is 0 Å². The minimum atomic E-state index is -0.541. The Kier molecular flexibility index (Phi) is 4.27. The van der Waals surface area contributed by atoms with E-state index < -0.39 is 4.92 Å². The molecule has 0 spiro atoms. The van der Waals surface area contributed by atoms with Crippen molar-refractivity contribution in [2.45, 2.75) is 19.3 Å². The fraction of sp³-hybridized carbons (Fsp3) is 0.500. The molecule has 0 aliphatic carbocycles. The second-order valence-corrected chi connectivity index (χ2v) is 4.43. The number of carbonyl (C=O) groups is 1. The average molecular weight is 264 g/mol. The van der Waals surface area contributed by atoms with E-state index in [1.165, 1.54) is 12.3 Å². The molecular weight excluding hydrogens is 248 g/mol. The van der Waals surface area contributed by atoms with Gasteiger partial charge in [0.2, 0.25) is 5.91 Å². The van der Waals surface area contributed by atoms with Crippen LogP contribution in [0.3, 0.4) is 0 Å². The summed E-state index contributed by atoms with van der Waals surface area (Å²) >= 11 is 0. The van der Waals surface area contributed by atoms with Crippen LogP contribution in [0.4, 0.5) is 11.5 Å². The van der Waals surface area contributed by atoms with Crippen LogP contribution < -0.4 is 5.32 Å². The number of nitro groups is 1. The molecule has 2 rings (SSSR count). The normalized spacial score (nSPS) is 14.4.